The number of aromatic hydroxyl groups is 1. The number of piperazine rings is 1. The van der Waals surface area contributed by atoms with Gasteiger partial charge in [-0.25, -0.2) is 23.1 Å². The lowest BCUT2D eigenvalue weighted by atomic mass is 10.0. The van der Waals surface area contributed by atoms with Gasteiger partial charge >= 0.3 is 5.69 Å². The van der Waals surface area contributed by atoms with Crippen molar-refractivity contribution in [3.63, 3.8) is 0 Å². The predicted octanol–water partition coefficient (Wildman–Crippen LogP) is 4.14. The lowest BCUT2D eigenvalue weighted by molar-refractivity contribution is -0.126. The highest BCUT2D eigenvalue weighted by Crippen LogP contribution is 2.36. The minimum Gasteiger partial charge on any atom is -0.507 e. The highest BCUT2D eigenvalue weighted by molar-refractivity contribution is 5.91. The number of aryl methyl sites for hydroxylation is 2. The highest BCUT2D eigenvalue weighted by Gasteiger charge is 2.30. The largest absolute Gasteiger partial charge is 0.507 e. The number of aromatic nitrogens is 3. The van der Waals surface area contributed by atoms with E-state index < -0.39 is 34.3 Å². The summed E-state index contributed by atoms with van der Waals surface area (Å²) in [5.41, 5.74) is 0.295. The molecule has 1 aliphatic rings. The van der Waals surface area contributed by atoms with E-state index in [1.807, 2.05) is 6.92 Å². The minimum atomic E-state index is -0.924. The monoisotopic (exact) mass is 556 g/mol. The summed E-state index contributed by atoms with van der Waals surface area (Å²) >= 11 is 0. The third-order valence-electron chi connectivity index (χ3n) is 7.26. The fraction of sp³-hybridized carbons (Fsp3) is 0.233. The minimum absolute atomic E-state index is 0.00763. The summed E-state index contributed by atoms with van der Waals surface area (Å²) in [6, 6.07) is 9.72. The van der Waals surface area contributed by atoms with E-state index in [2.05, 4.69) is 22.6 Å². The number of phenolic OH excluding ortho intramolecular Hbond substituents is 1. The second-order valence-corrected chi connectivity index (χ2v) is 9.98. The Labute approximate surface area is 234 Å². The Kier molecular flexibility index (Phi) is 7.01. The number of carbonyl (C=O) groups is 1. The normalized spacial score (nSPS) is 15.2. The number of pyridine rings is 1. The summed E-state index contributed by atoms with van der Waals surface area (Å²) in [5, 5.41) is 20.0. The summed E-state index contributed by atoms with van der Waals surface area (Å²) in [7, 11) is 0. The van der Waals surface area contributed by atoms with Gasteiger partial charge < -0.3 is 14.9 Å². The van der Waals surface area contributed by atoms with E-state index in [0.29, 0.717) is 42.0 Å². The molecule has 11 heteroatoms. The van der Waals surface area contributed by atoms with Gasteiger partial charge in [-0.15, -0.1) is 0 Å². The average molecular weight is 557 g/mol. The van der Waals surface area contributed by atoms with Crippen molar-refractivity contribution in [2.45, 2.75) is 26.8 Å². The number of hydrogen-bond donors (Lipinski definition) is 1. The molecule has 1 unspecified atom stereocenters. The molecule has 0 spiro atoms. The Hall–Kier alpha value is -5.11. The molecule has 208 valence electrons. The Morgan fingerprint density at radius 3 is 2.46 bits per heavy atom. The molecule has 1 amide bonds. The maximum Gasteiger partial charge on any atom is 0.355 e. The first kappa shape index (κ1) is 27.5. The van der Waals surface area contributed by atoms with Crippen LogP contribution in [0.3, 0.4) is 0 Å². The summed E-state index contributed by atoms with van der Waals surface area (Å²) < 4.78 is 31.8. The molecule has 1 atom stereocenters. The van der Waals surface area contributed by atoms with Crippen molar-refractivity contribution in [2.75, 3.05) is 24.5 Å². The number of halogens is 2. The summed E-state index contributed by atoms with van der Waals surface area (Å²) in [5.74, 6) is -2.38. The molecule has 1 fully saturated rings. The second-order valence-electron chi connectivity index (χ2n) is 9.98. The van der Waals surface area contributed by atoms with E-state index in [0.717, 1.165) is 12.1 Å². The zero-order chi connectivity index (χ0) is 29.6. The predicted molar refractivity (Wildman–Crippen MR) is 150 cm³/mol. The van der Waals surface area contributed by atoms with Crippen LogP contribution < -0.4 is 10.6 Å². The first-order valence-corrected chi connectivity index (χ1v) is 12.9. The number of phenols is 1. The molecule has 4 aromatic rings. The highest BCUT2D eigenvalue weighted by atomic mass is 19.1. The van der Waals surface area contributed by atoms with Gasteiger partial charge in [0.1, 0.15) is 23.1 Å². The number of carbonyl (C=O) groups excluding carboxylic acids is 1. The third-order valence-corrected chi connectivity index (χ3v) is 7.26. The van der Waals surface area contributed by atoms with Gasteiger partial charge in [-0.3, -0.25) is 4.79 Å². The molecule has 0 aliphatic carbocycles. The zero-order valence-electron chi connectivity index (χ0n) is 22.7. The van der Waals surface area contributed by atoms with Gasteiger partial charge in [0.15, 0.2) is 11.5 Å². The summed E-state index contributed by atoms with van der Waals surface area (Å²) in [6.45, 7) is 9.79. The third kappa shape index (κ3) is 4.67. The quantitative estimate of drug-likeness (QED) is 0.376. The van der Waals surface area contributed by atoms with Crippen molar-refractivity contribution >= 4 is 22.8 Å². The molecule has 0 radical (unpaired) electrons. The molecule has 1 N–H and O–H groups in total. The van der Waals surface area contributed by atoms with Crippen LogP contribution in [0.2, 0.25) is 0 Å². The fourth-order valence-corrected chi connectivity index (χ4v) is 5.42. The molecule has 3 heterocycles. The Bertz CT molecular complexity index is 1800. The number of rotatable bonds is 4. The topological polar surface area (TPSA) is 115 Å². The van der Waals surface area contributed by atoms with Crippen molar-refractivity contribution in [3.8, 4) is 28.8 Å². The van der Waals surface area contributed by atoms with Crippen LogP contribution in [0.1, 0.15) is 23.6 Å². The standard InChI is InChI=1S/C30H26F2N6O3/c1-5-24(40)36-9-10-37(18(4)15-36)28-20-13-22(32)26(25-21(31)7-6-8-23(25)39)34-29(20)38(30(41)35-28)27-16(2)11-19(14-33)12-17(27)3/h5-8,11-13,18,39H,1,9-10,15H2,2-4H3. The Balaban J connectivity index is 1.82. The van der Waals surface area contributed by atoms with E-state index in [9.17, 15) is 24.3 Å². The van der Waals surface area contributed by atoms with Crippen LogP contribution in [0.25, 0.3) is 28.0 Å². The van der Waals surface area contributed by atoms with Crippen LogP contribution in [0.15, 0.2) is 53.8 Å². The zero-order valence-corrected chi connectivity index (χ0v) is 22.7. The number of nitrogens with zero attached hydrogens (tertiary/aromatic N) is 6. The molecule has 41 heavy (non-hydrogen) atoms. The van der Waals surface area contributed by atoms with Crippen LogP contribution in [0.5, 0.6) is 5.75 Å². The van der Waals surface area contributed by atoms with Crippen LogP contribution in [-0.2, 0) is 4.79 Å². The van der Waals surface area contributed by atoms with Gasteiger partial charge in [-0.05, 0) is 68.3 Å². The van der Waals surface area contributed by atoms with E-state index in [1.54, 1.807) is 35.8 Å². The van der Waals surface area contributed by atoms with Gasteiger partial charge in [-0.1, -0.05) is 12.6 Å². The number of nitriles is 1. The van der Waals surface area contributed by atoms with Gasteiger partial charge in [0.2, 0.25) is 5.91 Å². The van der Waals surface area contributed by atoms with Crippen LogP contribution >= 0.6 is 0 Å². The molecule has 1 aliphatic heterocycles. The Morgan fingerprint density at radius 1 is 1.15 bits per heavy atom. The maximum absolute atomic E-state index is 15.7. The first-order valence-electron chi connectivity index (χ1n) is 12.9. The van der Waals surface area contributed by atoms with Crippen LogP contribution in [-0.4, -0.2) is 56.1 Å². The van der Waals surface area contributed by atoms with Crippen molar-refractivity contribution < 1.29 is 18.7 Å². The molecule has 0 saturated carbocycles. The van der Waals surface area contributed by atoms with Crippen LogP contribution in [0.4, 0.5) is 14.6 Å². The molecule has 9 nitrogen and oxygen atoms in total. The van der Waals surface area contributed by atoms with Gasteiger partial charge in [0, 0.05) is 25.7 Å². The molecule has 2 aromatic carbocycles. The van der Waals surface area contributed by atoms with Gasteiger partial charge in [0.05, 0.1) is 28.3 Å². The smallest absolute Gasteiger partial charge is 0.355 e. The summed E-state index contributed by atoms with van der Waals surface area (Å²) in [6.07, 6.45) is 1.23. The van der Waals surface area contributed by atoms with Crippen molar-refractivity contribution in [2.24, 2.45) is 0 Å². The number of amides is 1. The first-order chi connectivity index (χ1) is 19.5. The van der Waals surface area contributed by atoms with E-state index in [-0.39, 0.29) is 28.8 Å². The molecule has 5 rings (SSSR count). The molecule has 1 saturated heterocycles. The van der Waals surface area contributed by atoms with E-state index in [4.69, 9.17) is 0 Å². The Morgan fingerprint density at radius 2 is 1.85 bits per heavy atom. The van der Waals surface area contributed by atoms with Gasteiger partial charge in [-0.2, -0.15) is 10.2 Å². The second kappa shape index (κ2) is 10.5. The molecular weight excluding hydrogens is 530 g/mol. The molecular formula is C30H26F2N6O3. The number of fused-ring (bicyclic) bond motifs is 1. The SMILES string of the molecule is C=CC(=O)N1CCN(c2nc(=O)n(-c3c(C)cc(C#N)cc3C)c3nc(-c4c(O)cccc4F)c(F)cc23)C(C)C1. The lowest BCUT2D eigenvalue weighted by Gasteiger charge is -2.40. The van der Waals surface area contributed by atoms with E-state index in [1.165, 1.54) is 22.8 Å². The van der Waals surface area contributed by atoms with Crippen molar-refractivity contribution in [1.29, 1.82) is 5.26 Å². The summed E-state index contributed by atoms with van der Waals surface area (Å²) in [4.78, 5) is 38.2. The number of anilines is 1. The van der Waals surface area contributed by atoms with Crippen molar-refractivity contribution in [1.82, 2.24) is 19.4 Å². The molecule has 2 aromatic heterocycles. The van der Waals surface area contributed by atoms with Crippen molar-refractivity contribution in [3.05, 3.63) is 87.9 Å². The fourth-order valence-electron chi connectivity index (χ4n) is 5.42. The lowest BCUT2D eigenvalue weighted by Crippen LogP contribution is -2.54. The number of benzene rings is 2. The van der Waals surface area contributed by atoms with Gasteiger partial charge in [0.25, 0.3) is 0 Å². The maximum atomic E-state index is 15.7. The van der Waals surface area contributed by atoms with E-state index >= 15 is 4.39 Å². The molecule has 0 bridgehead atoms. The average Bonchev–Trinajstić information content (AvgIpc) is 2.93. The van der Waals surface area contributed by atoms with Crippen LogP contribution in [0, 0.1) is 36.8 Å². The number of hydrogen-bond acceptors (Lipinski definition) is 7.